The van der Waals surface area contributed by atoms with Gasteiger partial charge < -0.3 is 15.0 Å². The molecule has 0 aliphatic carbocycles. The third-order valence-electron chi connectivity index (χ3n) is 5.58. The summed E-state index contributed by atoms with van der Waals surface area (Å²) in [7, 11) is 0. The first-order valence-electron chi connectivity index (χ1n) is 10.9. The van der Waals surface area contributed by atoms with E-state index in [9.17, 15) is 4.79 Å². The standard InChI is InChI=1S/C26H29N3O2/c1-2-31-25-15-9-8-14-24(25)27-26(30)29-18-16-28(17-19-29)20-22-12-6-7-13-23(22)21-10-4-3-5-11-21/h3-15H,2,16-20H2,1H3,(H,27,30). The van der Waals surface area contributed by atoms with Gasteiger partial charge in [0.25, 0.3) is 0 Å². The Kier molecular flexibility index (Phi) is 6.85. The van der Waals surface area contributed by atoms with E-state index >= 15 is 0 Å². The molecular weight excluding hydrogens is 386 g/mol. The van der Waals surface area contributed by atoms with Crippen molar-refractivity contribution in [1.82, 2.24) is 9.80 Å². The van der Waals surface area contributed by atoms with Gasteiger partial charge in [-0.15, -0.1) is 0 Å². The summed E-state index contributed by atoms with van der Waals surface area (Å²) in [5, 5.41) is 3.00. The highest BCUT2D eigenvalue weighted by Gasteiger charge is 2.22. The smallest absolute Gasteiger partial charge is 0.322 e. The first kappa shape index (κ1) is 20.9. The molecule has 1 aliphatic heterocycles. The van der Waals surface area contributed by atoms with Crippen molar-refractivity contribution in [2.75, 3.05) is 38.1 Å². The van der Waals surface area contributed by atoms with Gasteiger partial charge >= 0.3 is 6.03 Å². The van der Waals surface area contributed by atoms with Crippen LogP contribution in [0.1, 0.15) is 12.5 Å². The minimum atomic E-state index is -0.0727. The number of hydrogen-bond donors (Lipinski definition) is 1. The van der Waals surface area contributed by atoms with Crippen LogP contribution in [0.5, 0.6) is 5.75 Å². The van der Waals surface area contributed by atoms with E-state index in [2.05, 4.69) is 58.7 Å². The highest BCUT2D eigenvalue weighted by atomic mass is 16.5. The lowest BCUT2D eigenvalue weighted by Crippen LogP contribution is -2.49. The van der Waals surface area contributed by atoms with Gasteiger partial charge in [-0.2, -0.15) is 0 Å². The van der Waals surface area contributed by atoms with Gasteiger partial charge in [0.1, 0.15) is 5.75 Å². The van der Waals surface area contributed by atoms with Crippen molar-refractivity contribution in [3.63, 3.8) is 0 Å². The van der Waals surface area contributed by atoms with Crippen LogP contribution >= 0.6 is 0 Å². The summed E-state index contributed by atoms with van der Waals surface area (Å²) in [4.78, 5) is 17.1. The Bertz CT molecular complexity index is 998. The van der Waals surface area contributed by atoms with Gasteiger partial charge in [0.15, 0.2) is 0 Å². The van der Waals surface area contributed by atoms with Crippen LogP contribution in [0.25, 0.3) is 11.1 Å². The van der Waals surface area contributed by atoms with E-state index < -0.39 is 0 Å². The fourth-order valence-corrected chi connectivity index (χ4v) is 3.95. The van der Waals surface area contributed by atoms with Crippen LogP contribution in [0.2, 0.25) is 0 Å². The molecule has 0 saturated carbocycles. The second-order valence-electron chi connectivity index (χ2n) is 7.65. The van der Waals surface area contributed by atoms with Crippen LogP contribution < -0.4 is 10.1 Å². The van der Waals surface area contributed by atoms with Crippen LogP contribution in [0, 0.1) is 0 Å². The molecule has 5 nitrogen and oxygen atoms in total. The molecule has 4 rings (SSSR count). The maximum atomic E-state index is 12.8. The van der Waals surface area contributed by atoms with Crippen LogP contribution in [0.15, 0.2) is 78.9 Å². The van der Waals surface area contributed by atoms with Crippen LogP contribution in [0.4, 0.5) is 10.5 Å². The number of urea groups is 1. The summed E-state index contributed by atoms with van der Waals surface area (Å²) >= 11 is 0. The average molecular weight is 416 g/mol. The second kappa shape index (κ2) is 10.1. The van der Waals surface area contributed by atoms with E-state index in [4.69, 9.17) is 4.74 Å². The van der Waals surface area contributed by atoms with E-state index in [0.29, 0.717) is 31.1 Å². The summed E-state index contributed by atoms with van der Waals surface area (Å²) in [6.45, 7) is 6.50. The Balaban J connectivity index is 1.35. The fraction of sp³-hybridized carbons (Fsp3) is 0.269. The summed E-state index contributed by atoms with van der Waals surface area (Å²) < 4.78 is 5.61. The molecular formula is C26H29N3O2. The highest BCUT2D eigenvalue weighted by molar-refractivity contribution is 5.91. The zero-order valence-corrected chi connectivity index (χ0v) is 18.0. The van der Waals surface area contributed by atoms with Crippen molar-refractivity contribution in [3.8, 4) is 16.9 Å². The third-order valence-corrected chi connectivity index (χ3v) is 5.58. The number of ether oxygens (including phenoxy) is 1. The number of anilines is 1. The molecule has 1 aliphatic rings. The second-order valence-corrected chi connectivity index (χ2v) is 7.65. The van der Waals surface area contributed by atoms with Crippen molar-refractivity contribution in [2.24, 2.45) is 0 Å². The molecule has 3 aromatic carbocycles. The van der Waals surface area contributed by atoms with Gasteiger partial charge in [-0.25, -0.2) is 4.79 Å². The Morgan fingerprint density at radius 1 is 0.871 bits per heavy atom. The van der Waals surface area contributed by atoms with Crippen LogP contribution in [-0.4, -0.2) is 48.6 Å². The highest BCUT2D eigenvalue weighted by Crippen LogP contribution is 2.26. The number of hydrogen-bond acceptors (Lipinski definition) is 3. The van der Waals surface area contributed by atoms with E-state index in [1.807, 2.05) is 42.2 Å². The molecule has 2 amide bonds. The topological polar surface area (TPSA) is 44.8 Å². The minimum absolute atomic E-state index is 0.0727. The molecule has 0 atom stereocenters. The number of carbonyl (C=O) groups excluding carboxylic acids is 1. The van der Waals surface area contributed by atoms with Gasteiger partial charge in [0, 0.05) is 32.7 Å². The lowest BCUT2D eigenvalue weighted by molar-refractivity contribution is 0.143. The number of benzene rings is 3. The van der Waals surface area contributed by atoms with E-state index in [-0.39, 0.29) is 6.03 Å². The zero-order chi connectivity index (χ0) is 21.5. The molecule has 0 bridgehead atoms. The van der Waals surface area contributed by atoms with E-state index in [1.165, 1.54) is 16.7 Å². The minimum Gasteiger partial charge on any atom is -0.492 e. The number of nitrogens with zero attached hydrogens (tertiary/aromatic N) is 2. The Morgan fingerprint density at radius 2 is 1.55 bits per heavy atom. The summed E-state index contributed by atoms with van der Waals surface area (Å²) in [6.07, 6.45) is 0. The molecule has 3 aromatic rings. The van der Waals surface area contributed by atoms with Gasteiger partial charge in [-0.1, -0.05) is 66.7 Å². The maximum absolute atomic E-state index is 12.8. The first-order chi connectivity index (χ1) is 15.2. The van der Waals surface area contributed by atoms with Crippen LogP contribution in [-0.2, 0) is 6.54 Å². The van der Waals surface area contributed by atoms with Crippen molar-refractivity contribution >= 4 is 11.7 Å². The molecule has 31 heavy (non-hydrogen) atoms. The molecule has 0 unspecified atom stereocenters. The molecule has 1 fully saturated rings. The van der Waals surface area contributed by atoms with Crippen LogP contribution in [0.3, 0.4) is 0 Å². The molecule has 1 heterocycles. The van der Waals surface area contributed by atoms with Crippen molar-refractivity contribution < 1.29 is 9.53 Å². The molecule has 0 spiro atoms. The predicted octanol–water partition coefficient (Wildman–Crippen LogP) is 5.10. The Morgan fingerprint density at radius 3 is 2.32 bits per heavy atom. The largest absolute Gasteiger partial charge is 0.492 e. The van der Waals surface area contributed by atoms with Gasteiger partial charge in [-0.05, 0) is 35.7 Å². The molecule has 1 saturated heterocycles. The molecule has 0 aromatic heterocycles. The quantitative estimate of drug-likeness (QED) is 0.609. The SMILES string of the molecule is CCOc1ccccc1NC(=O)N1CCN(Cc2ccccc2-c2ccccc2)CC1. The van der Waals surface area contributed by atoms with Crippen molar-refractivity contribution in [1.29, 1.82) is 0 Å². The lowest BCUT2D eigenvalue weighted by Gasteiger charge is -2.35. The number of carbonyl (C=O) groups is 1. The van der Waals surface area contributed by atoms with Gasteiger partial charge in [0.2, 0.25) is 0 Å². The van der Waals surface area contributed by atoms with Gasteiger partial charge in [-0.3, -0.25) is 4.90 Å². The predicted molar refractivity (Wildman–Crippen MR) is 125 cm³/mol. The monoisotopic (exact) mass is 415 g/mol. The normalized spacial score (nSPS) is 14.3. The fourth-order valence-electron chi connectivity index (χ4n) is 3.95. The summed E-state index contributed by atoms with van der Waals surface area (Å²) in [6, 6.07) is 26.6. The number of amides is 2. The number of piperazine rings is 1. The van der Waals surface area contributed by atoms with Crippen molar-refractivity contribution in [2.45, 2.75) is 13.5 Å². The number of nitrogens with one attached hydrogen (secondary N) is 1. The molecule has 160 valence electrons. The summed E-state index contributed by atoms with van der Waals surface area (Å²) in [5.74, 6) is 0.703. The number of para-hydroxylation sites is 2. The lowest BCUT2D eigenvalue weighted by atomic mass is 9.99. The first-order valence-corrected chi connectivity index (χ1v) is 10.9. The number of rotatable bonds is 6. The maximum Gasteiger partial charge on any atom is 0.322 e. The van der Waals surface area contributed by atoms with E-state index in [1.54, 1.807) is 0 Å². The summed E-state index contributed by atoms with van der Waals surface area (Å²) in [5.41, 5.74) is 4.55. The average Bonchev–Trinajstić information content (AvgIpc) is 2.82. The third kappa shape index (κ3) is 5.25. The molecule has 1 N–H and O–H groups in total. The van der Waals surface area contributed by atoms with Crippen molar-refractivity contribution in [3.05, 3.63) is 84.4 Å². The molecule has 0 radical (unpaired) electrons. The Hall–Kier alpha value is -3.31. The Labute approximate surface area is 184 Å². The molecule has 5 heteroatoms. The zero-order valence-electron chi connectivity index (χ0n) is 18.0. The van der Waals surface area contributed by atoms with Gasteiger partial charge in [0.05, 0.1) is 12.3 Å². The van der Waals surface area contributed by atoms with E-state index in [0.717, 1.165) is 19.6 Å².